The summed E-state index contributed by atoms with van der Waals surface area (Å²) in [5, 5.41) is 9.78. The van der Waals surface area contributed by atoms with Crippen molar-refractivity contribution < 1.29 is 14.3 Å². The number of nitrogens with zero attached hydrogens (tertiary/aromatic N) is 2. The van der Waals surface area contributed by atoms with Crippen LogP contribution >= 0.6 is 0 Å². The van der Waals surface area contributed by atoms with Gasteiger partial charge in [-0.15, -0.1) is 0 Å². The molecule has 4 nitrogen and oxygen atoms in total. The van der Waals surface area contributed by atoms with Crippen LogP contribution in [0.4, 0.5) is 4.39 Å². The van der Waals surface area contributed by atoms with Crippen LogP contribution < -0.4 is 0 Å². The first-order valence-electron chi connectivity index (χ1n) is 5.61. The molecule has 1 aromatic rings. The van der Waals surface area contributed by atoms with E-state index in [2.05, 4.69) is 4.98 Å². The zero-order valence-corrected chi connectivity index (χ0v) is 9.69. The summed E-state index contributed by atoms with van der Waals surface area (Å²) >= 11 is 0. The van der Waals surface area contributed by atoms with E-state index in [1.165, 1.54) is 18.3 Å². The molecule has 1 aliphatic rings. The second-order valence-electron chi connectivity index (χ2n) is 4.66. The van der Waals surface area contributed by atoms with Crippen molar-refractivity contribution in [3.05, 3.63) is 29.8 Å². The number of hydrogen-bond acceptors (Lipinski definition) is 3. The summed E-state index contributed by atoms with van der Waals surface area (Å²) in [7, 11) is 0. The zero-order chi connectivity index (χ0) is 12.5. The fourth-order valence-corrected chi connectivity index (χ4v) is 1.88. The molecule has 1 fully saturated rings. The molecule has 1 aromatic heterocycles. The Labute approximate surface area is 99.1 Å². The van der Waals surface area contributed by atoms with Crippen molar-refractivity contribution in [1.82, 2.24) is 9.88 Å². The van der Waals surface area contributed by atoms with Gasteiger partial charge in [-0.1, -0.05) is 0 Å². The van der Waals surface area contributed by atoms with Crippen molar-refractivity contribution in [2.24, 2.45) is 0 Å². The summed E-state index contributed by atoms with van der Waals surface area (Å²) in [4.78, 5) is 17.1. The van der Waals surface area contributed by atoms with Gasteiger partial charge < -0.3 is 10.0 Å². The molecule has 5 heteroatoms. The summed E-state index contributed by atoms with van der Waals surface area (Å²) in [6, 6.07) is 2.60. The number of hydrogen-bond donors (Lipinski definition) is 1. The molecule has 17 heavy (non-hydrogen) atoms. The van der Waals surface area contributed by atoms with Gasteiger partial charge in [-0.25, -0.2) is 4.98 Å². The van der Waals surface area contributed by atoms with Gasteiger partial charge in [0.2, 0.25) is 5.95 Å². The van der Waals surface area contributed by atoms with Crippen LogP contribution in [-0.4, -0.2) is 39.6 Å². The molecular formula is C12H15FN2O2. The highest BCUT2D eigenvalue weighted by atomic mass is 19.1. The average Bonchev–Trinajstić information content (AvgIpc) is 2.29. The summed E-state index contributed by atoms with van der Waals surface area (Å²) in [6.45, 7) is 2.81. The number of aromatic nitrogens is 1. The van der Waals surface area contributed by atoms with E-state index in [9.17, 15) is 14.3 Å². The summed E-state index contributed by atoms with van der Waals surface area (Å²) < 4.78 is 12.6. The SMILES string of the molecule is CC1(O)CCN(C(=O)c2ccc(F)nc2)CC1. The highest BCUT2D eigenvalue weighted by Gasteiger charge is 2.29. The Balaban J connectivity index is 2.04. The largest absolute Gasteiger partial charge is 0.390 e. The monoisotopic (exact) mass is 238 g/mol. The van der Waals surface area contributed by atoms with Crippen LogP contribution in [-0.2, 0) is 0 Å². The van der Waals surface area contributed by atoms with Crippen LogP contribution in [0.5, 0.6) is 0 Å². The normalized spacial score (nSPS) is 19.1. The molecule has 1 N–H and O–H groups in total. The number of rotatable bonds is 1. The molecule has 0 saturated carbocycles. The van der Waals surface area contributed by atoms with Crippen LogP contribution in [0.25, 0.3) is 0 Å². The minimum absolute atomic E-state index is 0.159. The van der Waals surface area contributed by atoms with Crippen molar-refractivity contribution in [1.29, 1.82) is 0 Å². The Morgan fingerprint density at radius 2 is 2.12 bits per heavy atom. The Morgan fingerprint density at radius 1 is 1.47 bits per heavy atom. The maximum absolute atomic E-state index is 12.6. The third-order valence-electron chi connectivity index (χ3n) is 3.10. The minimum Gasteiger partial charge on any atom is -0.390 e. The first-order valence-corrected chi connectivity index (χ1v) is 5.61. The van der Waals surface area contributed by atoms with E-state index in [4.69, 9.17) is 0 Å². The van der Waals surface area contributed by atoms with Gasteiger partial charge in [0.1, 0.15) is 0 Å². The van der Waals surface area contributed by atoms with Crippen LogP contribution in [0, 0.1) is 5.95 Å². The number of pyridine rings is 1. The number of carbonyl (C=O) groups is 1. The summed E-state index contributed by atoms with van der Waals surface area (Å²) in [6.07, 6.45) is 2.37. The third kappa shape index (κ3) is 2.79. The highest BCUT2D eigenvalue weighted by Crippen LogP contribution is 2.22. The lowest BCUT2D eigenvalue weighted by atomic mass is 9.93. The lowest BCUT2D eigenvalue weighted by Crippen LogP contribution is -2.45. The molecule has 1 amide bonds. The Bertz CT molecular complexity index is 407. The number of piperidine rings is 1. The molecule has 2 heterocycles. The van der Waals surface area contributed by atoms with E-state index in [0.717, 1.165) is 0 Å². The molecular weight excluding hydrogens is 223 g/mol. The number of likely N-dealkylation sites (tertiary alicyclic amines) is 1. The molecule has 1 saturated heterocycles. The second-order valence-corrected chi connectivity index (χ2v) is 4.66. The molecule has 0 radical (unpaired) electrons. The number of amides is 1. The van der Waals surface area contributed by atoms with Gasteiger partial charge in [0.25, 0.3) is 5.91 Å². The third-order valence-corrected chi connectivity index (χ3v) is 3.10. The van der Waals surface area contributed by atoms with Crippen LogP contribution in [0.3, 0.4) is 0 Å². The lowest BCUT2D eigenvalue weighted by Gasteiger charge is -2.35. The maximum atomic E-state index is 12.6. The molecule has 92 valence electrons. The fourth-order valence-electron chi connectivity index (χ4n) is 1.88. The van der Waals surface area contributed by atoms with Crippen LogP contribution in [0.2, 0.25) is 0 Å². The van der Waals surface area contributed by atoms with Crippen molar-refractivity contribution in [3.63, 3.8) is 0 Å². The molecule has 0 aliphatic carbocycles. The van der Waals surface area contributed by atoms with Gasteiger partial charge in [-0.2, -0.15) is 4.39 Å². The molecule has 0 spiro atoms. The van der Waals surface area contributed by atoms with E-state index >= 15 is 0 Å². The van der Waals surface area contributed by atoms with Gasteiger partial charge >= 0.3 is 0 Å². The first kappa shape index (κ1) is 12.0. The maximum Gasteiger partial charge on any atom is 0.255 e. The number of halogens is 1. The van der Waals surface area contributed by atoms with E-state index in [-0.39, 0.29) is 5.91 Å². The van der Waals surface area contributed by atoms with E-state index in [0.29, 0.717) is 31.5 Å². The predicted octanol–water partition coefficient (Wildman–Crippen LogP) is 1.21. The van der Waals surface area contributed by atoms with Crippen LogP contribution in [0.1, 0.15) is 30.1 Å². The molecule has 0 aromatic carbocycles. The molecule has 2 rings (SSSR count). The molecule has 0 bridgehead atoms. The van der Waals surface area contributed by atoms with E-state index < -0.39 is 11.5 Å². The van der Waals surface area contributed by atoms with Crippen molar-refractivity contribution in [2.45, 2.75) is 25.4 Å². The van der Waals surface area contributed by atoms with Crippen molar-refractivity contribution in [2.75, 3.05) is 13.1 Å². The summed E-state index contributed by atoms with van der Waals surface area (Å²) in [5.74, 6) is -0.754. The van der Waals surface area contributed by atoms with Gasteiger partial charge in [0, 0.05) is 19.3 Å². The van der Waals surface area contributed by atoms with Crippen LogP contribution in [0.15, 0.2) is 18.3 Å². The Hall–Kier alpha value is -1.49. The van der Waals surface area contributed by atoms with E-state index in [1.54, 1.807) is 11.8 Å². The van der Waals surface area contributed by atoms with Crippen molar-refractivity contribution in [3.8, 4) is 0 Å². The summed E-state index contributed by atoms with van der Waals surface area (Å²) in [5.41, 5.74) is -0.300. The smallest absolute Gasteiger partial charge is 0.255 e. The van der Waals surface area contributed by atoms with Crippen molar-refractivity contribution >= 4 is 5.91 Å². The van der Waals surface area contributed by atoms with Gasteiger partial charge in [0.05, 0.1) is 11.2 Å². The molecule has 1 aliphatic heterocycles. The first-order chi connectivity index (χ1) is 7.98. The standard InChI is InChI=1S/C12H15FN2O2/c1-12(17)4-6-15(7-5-12)11(16)9-2-3-10(13)14-8-9/h2-3,8,17H,4-7H2,1H3. The van der Waals surface area contributed by atoms with Gasteiger partial charge in [-0.3, -0.25) is 4.79 Å². The fraction of sp³-hybridized carbons (Fsp3) is 0.500. The number of carbonyl (C=O) groups excluding carboxylic acids is 1. The highest BCUT2D eigenvalue weighted by molar-refractivity contribution is 5.93. The Kier molecular flexibility index (Phi) is 3.11. The quantitative estimate of drug-likeness (QED) is 0.748. The van der Waals surface area contributed by atoms with Gasteiger partial charge in [0.15, 0.2) is 0 Å². The Morgan fingerprint density at radius 3 is 2.65 bits per heavy atom. The zero-order valence-electron chi connectivity index (χ0n) is 9.69. The van der Waals surface area contributed by atoms with E-state index in [1.807, 2.05) is 0 Å². The lowest BCUT2D eigenvalue weighted by molar-refractivity contribution is -0.00203. The molecule has 0 unspecified atom stereocenters. The molecule has 0 atom stereocenters. The topological polar surface area (TPSA) is 53.4 Å². The predicted molar refractivity (Wildman–Crippen MR) is 60.0 cm³/mol. The minimum atomic E-state index is -0.683. The second kappa shape index (κ2) is 4.41. The average molecular weight is 238 g/mol. The number of aliphatic hydroxyl groups is 1. The van der Waals surface area contributed by atoms with Gasteiger partial charge in [-0.05, 0) is 31.9 Å².